The third kappa shape index (κ3) is 2.08. The van der Waals surface area contributed by atoms with Gasteiger partial charge < -0.3 is 10.5 Å². The van der Waals surface area contributed by atoms with Crippen LogP contribution in [0.2, 0.25) is 0 Å². The van der Waals surface area contributed by atoms with E-state index in [0.29, 0.717) is 0 Å². The van der Waals surface area contributed by atoms with Crippen LogP contribution in [0.1, 0.15) is 6.92 Å². The molecule has 1 atom stereocenters. The topological polar surface area (TPSA) is 69.4 Å². The fourth-order valence-electron chi connectivity index (χ4n) is 0.244. The second-order valence-electron chi connectivity index (χ2n) is 1.73. The summed E-state index contributed by atoms with van der Waals surface area (Å²) in [5, 5.41) is -1.39. The molecule has 52 valence electrons. The van der Waals surface area contributed by atoms with Crippen molar-refractivity contribution in [2.75, 3.05) is 7.11 Å². The lowest BCUT2D eigenvalue weighted by Gasteiger charge is -2.10. The van der Waals surface area contributed by atoms with Gasteiger partial charge in [0.1, 0.15) is 0 Å². The van der Waals surface area contributed by atoms with Gasteiger partial charge in [0.2, 0.25) is 0 Å². The molecule has 0 aromatic heterocycles. The molecule has 0 saturated heterocycles. The summed E-state index contributed by atoms with van der Waals surface area (Å²) in [7, 11) is 0.762. The number of methoxy groups -OCH3 is 1. The molecule has 0 aliphatic rings. The predicted molar refractivity (Wildman–Crippen MR) is 32.2 cm³/mol. The number of hydrogen-bond donors (Lipinski definition) is 1. The fourth-order valence-corrected chi connectivity index (χ4v) is 0.410. The van der Waals surface area contributed by atoms with Gasteiger partial charge in [0.15, 0.2) is 13.7 Å². The number of ether oxygens (including phenoxy) is 1. The van der Waals surface area contributed by atoms with Crippen molar-refractivity contribution in [3.8, 4) is 0 Å². The van der Waals surface area contributed by atoms with Gasteiger partial charge in [0.05, 0.1) is 7.11 Å². The van der Waals surface area contributed by atoms with Crippen LogP contribution in [0, 0.1) is 0 Å². The summed E-state index contributed by atoms with van der Waals surface area (Å²) in [6.45, 7) is 1.33. The number of carbonyl (C=O) groups excluding carboxylic acids is 1. The molecule has 0 heterocycles. The van der Waals surface area contributed by atoms with Crippen LogP contribution in [0.15, 0.2) is 0 Å². The molecule has 0 aromatic carbocycles. The lowest BCUT2D eigenvalue weighted by molar-refractivity contribution is -0.143. The van der Waals surface area contributed by atoms with Crippen molar-refractivity contribution in [3.63, 3.8) is 0 Å². The van der Waals surface area contributed by atoms with E-state index in [1.165, 1.54) is 14.0 Å². The third-order valence-electron chi connectivity index (χ3n) is 0.788. The van der Waals surface area contributed by atoms with Crippen molar-refractivity contribution in [2.24, 2.45) is 5.73 Å². The number of hydrogen-bond acceptors (Lipinski definition) is 4. The molecule has 0 aliphatic heterocycles. The van der Waals surface area contributed by atoms with Gasteiger partial charge >= 0.3 is 5.97 Å². The van der Waals surface area contributed by atoms with E-state index in [-0.39, 0.29) is 0 Å². The molecule has 0 radical (unpaired) electrons. The van der Waals surface area contributed by atoms with E-state index in [0.717, 1.165) is 0 Å². The Balaban J connectivity index is 4.14. The molecule has 0 aliphatic carbocycles. The van der Waals surface area contributed by atoms with Crippen LogP contribution in [-0.2, 0) is 14.1 Å². The van der Waals surface area contributed by atoms with Crippen LogP contribution >= 0.6 is 8.46 Å². The van der Waals surface area contributed by atoms with Crippen molar-refractivity contribution >= 4 is 14.4 Å². The second-order valence-corrected chi connectivity index (χ2v) is 2.84. The van der Waals surface area contributed by atoms with Gasteiger partial charge in [-0.15, -0.1) is 0 Å². The highest BCUT2D eigenvalue weighted by atomic mass is 31.1. The number of nitrogens with two attached hydrogens (primary N) is 1. The normalized spacial score (nSPS) is 16.8. The molecule has 0 saturated carbocycles. The molecule has 0 rings (SSSR count). The Kier molecular flexibility index (Phi) is 2.74. The Labute approximate surface area is 54.6 Å². The highest BCUT2D eigenvalue weighted by Crippen LogP contribution is 2.15. The third-order valence-corrected chi connectivity index (χ3v) is 1.35. The average Bonchev–Trinajstić information content (AvgIpc) is 1.86. The van der Waals surface area contributed by atoms with Gasteiger partial charge in [-0.2, -0.15) is 0 Å². The average molecular weight is 149 g/mol. The minimum atomic E-state index is -1.39. The maximum Gasteiger partial charge on any atom is 0.337 e. The summed E-state index contributed by atoms with van der Waals surface area (Å²) in [5.74, 6) is -0.681. The summed E-state index contributed by atoms with van der Waals surface area (Å²) < 4.78 is 14.3. The van der Waals surface area contributed by atoms with E-state index < -0.39 is 19.7 Å². The van der Waals surface area contributed by atoms with E-state index in [2.05, 4.69) is 4.74 Å². The maximum atomic E-state index is 10.5. The first-order valence-corrected chi connectivity index (χ1v) is 3.07. The fraction of sp³-hybridized carbons (Fsp3) is 0.750. The van der Waals surface area contributed by atoms with E-state index in [4.69, 9.17) is 5.73 Å². The first-order chi connectivity index (χ1) is 4.04. The van der Waals surface area contributed by atoms with Crippen LogP contribution in [0.5, 0.6) is 0 Å². The van der Waals surface area contributed by atoms with Gasteiger partial charge in [-0.1, -0.05) is 0 Å². The molecular formula is C4H8NO3P. The highest BCUT2D eigenvalue weighted by molar-refractivity contribution is 7.27. The zero-order valence-corrected chi connectivity index (χ0v) is 6.14. The van der Waals surface area contributed by atoms with E-state index in [9.17, 15) is 9.36 Å². The first-order valence-electron chi connectivity index (χ1n) is 2.26. The van der Waals surface area contributed by atoms with Crippen LogP contribution in [0.3, 0.4) is 0 Å². The van der Waals surface area contributed by atoms with Crippen LogP contribution < -0.4 is 5.73 Å². The van der Waals surface area contributed by atoms with Gasteiger partial charge in [-0.3, -0.25) is 4.57 Å². The summed E-state index contributed by atoms with van der Waals surface area (Å²) in [4.78, 5) is 10.5. The van der Waals surface area contributed by atoms with Gasteiger partial charge in [-0.25, -0.2) is 4.79 Å². The van der Waals surface area contributed by atoms with E-state index in [1.54, 1.807) is 0 Å². The SMILES string of the molecule is COC(=O)C(C)(N)P=O. The zero-order valence-electron chi connectivity index (χ0n) is 5.25. The Bertz CT molecular complexity index is 134. The van der Waals surface area contributed by atoms with Gasteiger partial charge in [-0.05, 0) is 6.92 Å². The lowest BCUT2D eigenvalue weighted by atomic mass is 10.4. The molecular weight excluding hydrogens is 141 g/mol. The molecule has 0 aromatic rings. The molecule has 4 nitrogen and oxygen atoms in total. The second kappa shape index (κ2) is 2.90. The van der Waals surface area contributed by atoms with Crippen LogP contribution in [-0.4, -0.2) is 18.4 Å². The standard InChI is InChI=1S/C4H8NO3P/c1-4(5,9-7)3(6)8-2/h5H2,1-2H3. The van der Waals surface area contributed by atoms with Crippen molar-refractivity contribution in [1.82, 2.24) is 0 Å². The number of esters is 1. The monoisotopic (exact) mass is 149 g/mol. The van der Waals surface area contributed by atoms with Crippen LogP contribution in [0.4, 0.5) is 0 Å². The Morgan fingerprint density at radius 3 is 2.33 bits per heavy atom. The highest BCUT2D eigenvalue weighted by Gasteiger charge is 2.29. The Morgan fingerprint density at radius 2 is 2.22 bits per heavy atom. The van der Waals surface area contributed by atoms with Crippen molar-refractivity contribution in [1.29, 1.82) is 0 Å². The van der Waals surface area contributed by atoms with Crippen molar-refractivity contribution in [3.05, 3.63) is 0 Å². The smallest absolute Gasteiger partial charge is 0.337 e. The summed E-state index contributed by atoms with van der Waals surface area (Å²) >= 11 is 0. The minimum absolute atomic E-state index is 0.431. The minimum Gasteiger partial charge on any atom is -0.467 e. The van der Waals surface area contributed by atoms with Crippen LogP contribution in [0.25, 0.3) is 0 Å². The number of rotatable bonds is 2. The van der Waals surface area contributed by atoms with Gasteiger partial charge in [0.25, 0.3) is 0 Å². The molecule has 5 heteroatoms. The predicted octanol–water partition coefficient (Wildman–Crippen LogP) is 0.126. The molecule has 9 heavy (non-hydrogen) atoms. The number of carbonyl (C=O) groups is 1. The maximum absolute atomic E-state index is 10.5. The summed E-state index contributed by atoms with van der Waals surface area (Å²) in [5.41, 5.74) is 5.17. The molecule has 0 bridgehead atoms. The molecule has 0 amide bonds. The molecule has 0 spiro atoms. The first kappa shape index (κ1) is 8.53. The largest absolute Gasteiger partial charge is 0.467 e. The Hall–Kier alpha value is -0.470. The van der Waals surface area contributed by atoms with E-state index >= 15 is 0 Å². The zero-order chi connectivity index (χ0) is 7.49. The van der Waals surface area contributed by atoms with Crippen molar-refractivity contribution in [2.45, 2.75) is 12.2 Å². The molecule has 1 unspecified atom stereocenters. The Morgan fingerprint density at radius 1 is 1.78 bits per heavy atom. The molecule has 2 N–H and O–H groups in total. The van der Waals surface area contributed by atoms with Crippen molar-refractivity contribution < 1.29 is 14.1 Å². The van der Waals surface area contributed by atoms with Gasteiger partial charge in [0, 0.05) is 0 Å². The summed E-state index contributed by atoms with van der Waals surface area (Å²) in [6, 6.07) is 0. The molecule has 0 fully saturated rings. The lowest BCUT2D eigenvalue weighted by Crippen LogP contribution is -2.39. The summed E-state index contributed by atoms with van der Waals surface area (Å²) in [6.07, 6.45) is 0. The quantitative estimate of drug-likeness (QED) is 0.447. The van der Waals surface area contributed by atoms with E-state index in [1.807, 2.05) is 0 Å².